The molecule has 0 aliphatic heterocycles. The highest BCUT2D eigenvalue weighted by atomic mass is 31.2. The molecular weight excluding hydrogens is 457 g/mol. The third-order valence-corrected chi connectivity index (χ3v) is 7.97. The minimum Gasteiger partial charge on any atom is -0.373 e. The summed E-state index contributed by atoms with van der Waals surface area (Å²) >= 11 is 0. The van der Waals surface area contributed by atoms with Crippen molar-refractivity contribution in [2.45, 2.75) is 134 Å². The zero-order valence-corrected chi connectivity index (χ0v) is 24.5. The molecule has 0 saturated carbocycles. The maximum atomic E-state index is 11.8. The Hall–Kier alpha value is -0.450. The highest BCUT2D eigenvalue weighted by molar-refractivity contribution is 7.53. The molecule has 0 fully saturated rings. The SMILES string of the molecule is CCCCCCCCC/C=C\CCCCC/C=C\CCCCCCC(O)(C[N+](C)(C)C)P(=O)(O)O. The van der Waals surface area contributed by atoms with Crippen molar-refractivity contribution in [3.8, 4) is 0 Å². The molecule has 0 aliphatic rings. The highest BCUT2D eigenvalue weighted by Gasteiger charge is 2.48. The van der Waals surface area contributed by atoms with Crippen LogP contribution in [-0.4, -0.2) is 52.4 Å². The molecule has 5 nitrogen and oxygen atoms in total. The molecule has 0 rings (SSSR count). The van der Waals surface area contributed by atoms with Gasteiger partial charge in [0.1, 0.15) is 6.54 Å². The van der Waals surface area contributed by atoms with Gasteiger partial charge in [-0.3, -0.25) is 4.57 Å². The monoisotopic (exact) mass is 516 g/mol. The van der Waals surface area contributed by atoms with Gasteiger partial charge in [0.2, 0.25) is 5.34 Å². The van der Waals surface area contributed by atoms with Gasteiger partial charge < -0.3 is 19.4 Å². The first kappa shape index (κ1) is 34.6. The van der Waals surface area contributed by atoms with Gasteiger partial charge in [-0.25, -0.2) is 0 Å². The van der Waals surface area contributed by atoms with E-state index in [1.807, 2.05) is 21.1 Å². The first-order valence-corrected chi connectivity index (χ1v) is 16.0. The first-order valence-electron chi connectivity index (χ1n) is 14.4. The van der Waals surface area contributed by atoms with E-state index in [2.05, 4.69) is 31.2 Å². The molecule has 0 aromatic heterocycles. The summed E-state index contributed by atoms with van der Waals surface area (Å²) in [6.07, 6.45) is 31.3. The normalized spacial score (nSPS) is 14.8. The minimum atomic E-state index is -4.56. The Morgan fingerprint density at radius 1 is 0.629 bits per heavy atom. The summed E-state index contributed by atoms with van der Waals surface area (Å²) in [5, 5.41) is 8.63. The molecule has 0 radical (unpaired) electrons. The second-order valence-corrected chi connectivity index (χ2v) is 13.3. The van der Waals surface area contributed by atoms with E-state index in [1.165, 1.54) is 77.0 Å². The third kappa shape index (κ3) is 21.4. The van der Waals surface area contributed by atoms with Crippen molar-refractivity contribution in [2.24, 2.45) is 0 Å². The van der Waals surface area contributed by atoms with Gasteiger partial charge in [-0.05, 0) is 64.2 Å². The van der Waals surface area contributed by atoms with Crippen LogP contribution in [0.3, 0.4) is 0 Å². The van der Waals surface area contributed by atoms with Crippen molar-refractivity contribution in [1.29, 1.82) is 0 Å². The average molecular weight is 517 g/mol. The molecule has 0 heterocycles. The summed E-state index contributed by atoms with van der Waals surface area (Å²) in [4.78, 5) is 19.2. The lowest BCUT2D eigenvalue weighted by atomic mass is 10.1. The van der Waals surface area contributed by atoms with Gasteiger partial charge in [-0.1, -0.05) is 89.0 Å². The summed E-state index contributed by atoms with van der Waals surface area (Å²) in [5.74, 6) is 0. The number of nitrogens with zero attached hydrogens (tertiary/aromatic N) is 1. The van der Waals surface area contributed by atoms with Crippen LogP contribution in [0.2, 0.25) is 0 Å². The standard InChI is InChI=1S/C29H58NO4P/c1-5-6-7-8-9-10-11-12-13-14-15-16-17-18-19-20-21-22-23-24-25-26-27-29(31,35(32,33)34)28-30(2,3)4/h13-14,20-21,31H,5-12,15-19,22-28H2,1-4H3,(H-,32,33,34)/p+1/b14-13-,21-20-. The number of unbranched alkanes of at least 4 members (excludes halogenated alkanes) is 15. The lowest BCUT2D eigenvalue weighted by molar-refractivity contribution is -0.875. The fourth-order valence-electron chi connectivity index (χ4n) is 4.49. The van der Waals surface area contributed by atoms with Crippen LogP contribution in [0.25, 0.3) is 0 Å². The Morgan fingerprint density at radius 3 is 1.34 bits per heavy atom. The number of aliphatic hydroxyl groups is 1. The van der Waals surface area contributed by atoms with Crippen LogP contribution in [0.4, 0.5) is 0 Å². The molecule has 35 heavy (non-hydrogen) atoms. The quantitative estimate of drug-likeness (QED) is 0.0524. The van der Waals surface area contributed by atoms with Crippen LogP contribution in [0.1, 0.15) is 129 Å². The van der Waals surface area contributed by atoms with Crippen molar-refractivity contribution in [3.63, 3.8) is 0 Å². The lowest BCUT2D eigenvalue weighted by Gasteiger charge is -2.35. The molecular formula is C29H59NO4P+. The van der Waals surface area contributed by atoms with E-state index in [1.54, 1.807) is 0 Å². The van der Waals surface area contributed by atoms with Gasteiger partial charge in [0.05, 0.1) is 21.1 Å². The molecule has 0 bridgehead atoms. The van der Waals surface area contributed by atoms with Crippen molar-refractivity contribution < 1.29 is 23.9 Å². The lowest BCUT2D eigenvalue weighted by Crippen LogP contribution is -2.49. The Labute approximate surface area is 217 Å². The second-order valence-electron chi connectivity index (χ2n) is 11.4. The maximum Gasteiger partial charge on any atom is 0.362 e. The second kappa shape index (κ2) is 20.6. The van der Waals surface area contributed by atoms with Gasteiger partial charge in [0.15, 0.2) is 0 Å². The number of hydrogen-bond donors (Lipinski definition) is 3. The minimum absolute atomic E-state index is 0.0511. The fourth-order valence-corrected chi connectivity index (χ4v) is 5.55. The predicted molar refractivity (Wildman–Crippen MR) is 152 cm³/mol. The summed E-state index contributed by atoms with van der Waals surface area (Å²) in [7, 11) is 0.952. The molecule has 0 saturated heterocycles. The first-order chi connectivity index (χ1) is 16.5. The fraction of sp³-hybridized carbons (Fsp3) is 0.862. The Balaban J connectivity index is 3.60. The molecule has 0 aromatic rings. The van der Waals surface area contributed by atoms with E-state index in [4.69, 9.17) is 0 Å². The van der Waals surface area contributed by atoms with E-state index >= 15 is 0 Å². The zero-order chi connectivity index (χ0) is 26.5. The Kier molecular flexibility index (Phi) is 20.3. The number of quaternary nitrogens is 1. The summed E-state index contributed by atoms with van der Waals surface area (Å²) in [6.45, 7) is 2.32. The Morgan fingerprint density at radius 2 is 0.971 bits per heavy atom. The summed E-state index contributed by atoms with van der Waals surface area (Å²) in [6, 6.07) is 0. The van der Waals surface area contributed by atoms with E-state index in [0.29, 0.717) is 10.9 Å². The molecule has 0 aliphatic carbocycles. The van der Waals surface area contributed by atoms with Gasteiger partial charge in [-0.15, -0.1) is 0 Å². The van der Waals surface area contributed by atoms with Crippen LogP contribution in [0, 0.1) is 0 Å². The largest absolute Gasteiger partial charge is 0.373 e. The van der Waals surface area contributed by atoms with Gasteiger partial charge in [0.25, 0.3) is 0 Å². The number of allylic oxidation sites excluding steroid dienone is 4. The molecule has 0 amide bonds. The number of likely N-dealkylation sites (N-methyl/N-ethyl adjacent to an activating group) is 1. The molecule has 3 N–H and O–H groups in total. The third-order valence-electron chi connectivity index (χ3n) is 6.52. The average Bonchev–Trinajstić information content (AvgIpc) is 2.75. The topological polar surface area (TPSA) is 77.8 Å². The van der Waals surface area contributed by atoms with E-state index < -0.39 is 12.9 Å². The van der Waals surface area contributed by atoms with Gasteiger partial charge >= 0.3 is 7.60 Å². The summed E-state index contributed by atoms with van der Waals surface area (Å²) in [5.41, 5.74) is 0. The summed E-state index contributed by atoms with van der Waals surface area (Å²) < 4.78 is 12.1. The van der Waals surface area contributed by atoms with Crippen molar-refractivity contribution in [2.75, 3.05) is 27.7 Å². The van der Waals surface area contributed by atoms with Crippen LogP contribution >= 0.6 is 7.60 Å². The smallest absolute Gasteiger partial charge is 0.362 e. The number of rotatable bonds is 24. The van der Waals surface area contributed by atoms with Gasteiger partial charge in [0, 0.05) is 0 Å². The zero-order valence-electron chi connectivity index (χ0n) is 23.6. The molecule has 1 unspecified atom stereocenters. The molecule has 0 spiro atoms. The van der Waals surface area contributed by atoms with Crippen LogP contribution in [0.15, 0.2) is 24.3 Å². The molecule has 1 atom stereocenters. The predicted octanol–water partition coefficient (Wildman–Crippen LogP) is 8.10. The van der Waals surface area contributed by atoms with E-state index in [-0.39, 0.29) is 13.0 Å². The van der Waals surface area contributed by atoms with Crippen molar-refractivity contribution in [1.82, 2.24) is 0 Å². The van der Waals surface area contributed by atoms with E-state index in [0.717, 1.165) is 32.1 Å². The van der Waals surface area contributed by atoms with E-state index in [9.17, 15) is 19.5 Å². The number of hydrogen-bond acceptors (Lipinski definition) is 2. The Bertz CT molecular complexity index is 594. The van der Waals surface area contributed by atoms with Crippen LogP contribution < -0.4 is 0 Å². The molecule has 6 heteroatoms. The van der Waals surface area contributed by atoms with Gasteiger partial charge in [-0.2, -0.15) is 0 Å². The van der Waals surface area contributed by atoms with Crippen LogP contribution in [0.5, 0.6) is 0 Å². The van der Waals surface area contributed by atoms with Crippen molar-refractivity contribution in [3.05, 3.63) is 24.3 Å². The molecule has 0 aromatic carbocycles. The van der Waals surface area contributed by atoms with Crippen molar-refractivity contribution >= 4 is 7.60 Å². The maximum absolute atomic E-state index is 11.8. The van der Waals surface area contributed by atoms with Crippen LogP contribution in [-0.2, 0) is 4.57 Å². The highest BCUT2D eigenvalue weighted by Crippen LogP contribution is 2.52. The molecule has 208 valence electrons.